The average Bonchev–Trinajstić information content (AvgIpc) is 2.72. The predicted octanol–water partition coefficient (Wildman–Crippen LogP) is 3.21. The number of thioether (sulfide) groups is 1. The fraction of sp³-hybridized carbons (Fsp3) is 0.231. The van der Waals surface area contributed by atoms with Gasteiger partial charge in [0.2, 0.25) is 5.91 Å². The molecule has 0 saturated carbocycles. The standard InChI is InChI=1S/C13H16N2O2S/c1-4-7-18-11(3)8-13(16)15-14-9-12-6-5-10(2)17-12/h4-7,9H,3,8H2,1-2H3,(H,15,16)/b7-4-,14-9-. The van der Waals surface area contributed by atoms with Gasteiger partial charge in [-0.3, -0.25) is 4.79 Å². The first kappa shape index (κ1) is 14.3. The van der Waals surface area contributed by atoms with E-state index in [2.05, 4.69) is 17.1 Å². The van der Waals surface area contributed by atoms with E-state index in [1.54, 1.807) is 6.07 Å². The minimum Gasteiger partial charge on any atom is -0.460 e. The summed E-state index contributed by atoms with van der Waals surface area (Å²) in [6, 6.07) is 3.62. The summed E-state index contributed by atoms with van der Waals surface area (Å²) in [5.41, 5.74) is 2.42. The fourth-order valence-corrected chi connectivity index (χ4v) is 1.66. The molecule has 4 nitrogen and oxygen atoms in total. The molecule has 1 aromatic rings. The molecule has 1 aromatic heterocycles. The summed E-state index contributed by atoms with van der Waals surface area (Å²) in [6.07, 6.45) is 3.60. The Morgan fingerprint density at radius 2 is 2.39 bits per heavy atom. The largest absolute Gasteiger partial charge is 0.460 e. The van der Waals surface area contributed by atoms with Gasteiger partial charge in [0.1, 0.15) is 11.5 Å². The molecule has 18 heavy (non-hydrogen) atoms. The predicted molar refractivity (Wildman–Crippen MR) is 75.3 cm³/mol. The first-order valence-corrected chi connectivity index (χ1v) is 6.33. The van der Waals surface area contributed by atoms with Gasteiger partial charge in [-0.15, -0.1) is 11.8 Å². The van der Waals surface area contributed by atoms with Crippen molar-refractivity contribution in [1.82, 2.24) is 5.43 Å². The van der Waals surface area contributed by atoms with Crippen LogP contribution in [0.2, 0.25) is 0 Å². The van der Waals surface area contributed by atoms with Crippen molar-refractivity contribution in [3.8, 4) is 0 Å². The van der Waals surface area contributed by atoms with Gasteiger partial charge in [0.15, 0.2) is 0 Å². The first-order valence-electron chi connectivity index (χ1n) is 5.45. The highest BCUT2D eigenvalue weighted by Crippen LogP contribution is 2.17. The minimum absolute atomic E-state index is 0.198. The van der Waals surface area contributed by atoms with E-state index in [9.17, 15) is 4.79 Å². The van der Waals surface area contributed by atoms with Crippen molar-refractivity contribution in [3.63, 3.8) is 0 Å². The van der Waals surface area contributed by atoms with Crippen molar-refractivity contribution >= 4 is 23.9 Å². The van der Waals surface area contributed by atoms with Gasteiger partial charge in [-0.05, 0) is 36.3 Å². The van der Waals surface area contributed by atoms with Crippen LogP contribution in [0.15, 0.2) is 44.6 Å². The smallest absolute Gasteiger partial charge is 0.245 e. The second kappa shape index (κ2) is 7.55. The summed E-state index contributed by atoms with van der Waals surface area (Å²) in [6.45, 7) is 7.54. The van der Waals surface area contributed by atoms with Crippen LogP contribution in [0.5, 0.6) is 0 Å². The third-order valence-electron chi connectivity index (χ3n) is 1.87. The topological polar surface area (TPSA) is 54.6 Å². The number of rotatable bonds is 6. The molecular weight excluding hydrogens is 248 g/mol. The molecule has 5 heteroatoms. The third-order valence-corrected chi connectivity index (χ3v) is 2.76. The molecule has 0 saturated heterocycles. The van der Waals surface area contributed by atoms with Crippen molar-refractivity contribution in [2.45, 2.75) is 20.3 Å². The summed E-state index contributed by atoms with van der Waals surface area (Å²) in [7, 11) is 0. The van der Waals surface area contributed by atoms with E-state index in [1.807, 2.05) is 31.4 Å². The Kier molecular flexibility index (Phi) is 6.00. The number of carbonyl (C=O) groups excluding carboxylic acids is 1. The molecule has 1 N–H and O–H groups in total. The Bertz CT molecular complexity index is 475. The summed E-state index contributed by atoms with van der Waals surface area (Å²) >= 11 is 1.43. The number of nitrogens with one attached hydrogen (secondary N) is 1. The van der Waals surface area contributed by atoms with Crippen LogP contribution in [0.1, 0.15) is 24.9 Å². The van der Waals surface area contributed by atoms with Gasteiger partial charge >= 0.3 is 0 Å². The van der Waals surface area contributed by atoms with Crippen LogP contribution in [-0.2, 0) is 4.79 Å². The first-order chi connectivity index (χ1) is 8.61. The molecule has 0 radical (unpaired) electrons. The molecule has 0 aliphatic rings. The Balaban J connectivity index is 2.32. The second-order valence-electron chi connectivity index (χ2n) is 3.54. The van der Waals surface area contributed by atoms with Crippen molar-refractivity contribution in [2.75, 3.05) is 0 Å². The van der Waals surface area contributed by atoms with Gasteiger partial charge in [0.25, 0.3) is 0 Å². The Morgan fingerprint density at radius 3 is 3.00 bits per heavy atom. The number of amides is 1. The number of carbonyl (C=O) groups is 1. The van der Waals surface area contributed by atoms with E-state index in [4.69, 9.17) is 4.42 Å². The van der Waals surface area contributed by atoms with Crippen LogP contribution in [0.3, 0.4) is 0 Å². The zero-order valence-electron chi connectivity index (χ0n) is 10.5. The zero-order valence-corrected chi connectivity index (χ0v) is 11.3. The van der Waals surface area contributed by atoms with Crippen LogP contribution in [0, 0.1) is 6.92 Å². The number of aryl methyl sites for hydroxylation is 1. The van der Waals surface area contributed by atoms with Crippen molar-refractivity contribution in [1.29, 1.82) is 0 Å². The van der Waals surface area contributed by atoms with E-state index in [0.29, 0.717) is 5.76 Å². The Labute approximate surface area is 111 Å². The van der Waals surface area contributed by atoms with Gasteiger partial charge in [0.05, 0.1) is 12.6 Å². The third kappa shape index (κ3) is 5.54. The Hall–Kier alpha value is -1.75. The highest BCUT2D eigenvalue weighted by Gasteiger charge is 2.02. The molecule has 1 amide bonds. The highest BCUT2D eigenvalue weighted by atomic mass is 32.2. The van der Waals surface area contributed by atoms with Crippen LogP contribution < -0.4 is 5.43 Å². The maximum atomic E-state index is 11.5. The van der Waals surface area contributed by atoms with Gasteiger partial charge in [-0.2, -0.15) is 5.10 Å². The number of furan rings is 1. The highest BCUT2D eigenvalue weighted by molar-refractivity contribution is 8.05. The summed E-state index contributed by atoms with van der Waals surface area (Å²) < 4.78 is 5.27. The molecule has 0 aromatic carbocycles. The number of hydrazone groups is 1. The molecule has 0 atom stereocenters. The van der Waals surface area contributed by atoms with Gasteiger partial charge in [0, 0.05) is 0 Å². The van der Waals surface area contributed by atoms with E-state index >= 15 is 0 Å². The van der Waals surface area contributed by atoms with E-state index in [-0.39, 0.29) is 12.3 Å². The lowest BCUT2D eigenvalue weighted by Crippen LogP contribution is -2.17. The average molecular weight is 264 g/mol. The molecular formula is C13H16N2O2S. The molecule has 1 heterocycles. The van der Waals surface area contributed by atoms with Gasteiger partial charge < -0.3 is 4.42 Å². The maximum absolute atomic E-state index is 11.5. The molecule has 1 rings (SSSR count). The van der Waals surface area contributed by atoms with Gasteiger partial charge in [-0.1, -0.05) is 12.7 Å². The number of allylic oxidation sites excluding steroid dienone is 1. The summed E-state index contributed by atoms with van der Waals surface area (Å²) in [5.74, 6) is 1.21. The van der Waals surface area contributed by atoms with E-state index in [0.717, 1.165) is 10.7 Å². The van der Waals surface area contributed by atoms with Crippen LogP contribution >= 0.6 is 11.8 Å². The number of nitrogens with zero attached hydrogens (tertiary/aromatic N) is 1. The van der Waals surface area contributed by atoms with Crippen LogP contribution in [-0.4, -0.2) is 12.1 Å². The number of hydrogen-bond donors (Lipinski definition) is 1. The Morgan fingerprint density at radius 1 is 1.61 bits per heavy atom. The molecule has 0 unspecified atom stereocenters. The van der Waals surface area contributed by atoms with Gasteiger partial charge in [-0.25, -0.2) is 5.43 Å². The minimum atomic E-state index is -0.198. The number of hydrogen-bond acceptors (Lipinski definition) is 4. The molecule has 0 spiro atoms. The maximum Gasteiger partial charge on any atom is 0.245 e. The quantitative estimate of drug-likeness (QED) is 0.634. The van der Waals surface area contributed by atoms with Crippen molar-refractivity contribution in [3.05, 3.63) is 46.6 Å². The lowest BCUT2D eigenvalue weighted by atomic mass is 10.4. The molecule has 0 aliphatic heterocycles. The molecule has 0 aliphatic carbocycles. The normalized spacial score (nSPS) is 11.2. The van der Waals surface area contributed by atoms with Crippen LogP contribution in [0.4, 0.5) is 0 Å². The van der Waals surface area contributed by atoms with Crippen molar-refractivity contribution < 1.29 is 9.21 Å². The lowest BCUT2D eigenvalue weighted by molar-refractivity contribution is -0.120. The van der Waals surface area contributed by atoms with E-state index < -0.39 is 0 Å². The second-order valence-corrected chi connectivity index (χ2v) is 4.63. The SMILES string of the molecule is C=C(CC(=O)N/N=C\c1ccc(C)o1)S/C=C\C. The summed E-state index contributed by atoms with van der Waals surface area (Å²) in [4.78, 5) is 12.2. The van der Waals surface area contributed by atoms with E-state index in [1.165, 1.54) is 18.0 Å². The lowest BCUT2D eigenvalue weighted by Gasteiger charge is -2.00. The summed E-state index contributed by atoms with van der Waals surface area (Å²) in [5, 5.41) is 5.68. The van der Waals surface area contributed by atoms with Crippen LogP contribution in [0.25, 0.3) is 0 Å². The van der Waals surface area contributed by atoms with Crippen molar-refractivity contribution in [2.24, 2.45) is 5.10 Å². The molecule has 96 valence electrons. The monoisotopic (exact) mass is 264 g/mol. The molecule has 0 fully saturated rings. The fourth-order valence-electron chi connectivity index (χ4n) is 1.12. The molecule has 0 bridgehead atoms. The zero-order chi connectivity index (χ0) is 13.4.